The summed E-state index contributed by atoms with van der Waals surface area (Å²) in [6.07, 6.45) is 0. The molecule has 17 heavy (non-hydrogen) atoms. The fourth-order valence-corrected chi connectivity index (χ4v) is 1.27. The van der Waals surface area contributed by atoms with Gasteiger partial charge in [0.2, 0.25) is 0 Å². The van der Waals surface area contributed by atoms with E-state index >= 15 is 0 Å². The number of aliphatic hydroxyl groups excluding tert-OH is 1. The third-order valence-electron chi connectivity index (χ3n) is 2.54. The van der Waals surface area contributed by atoms with Gasteiger partial charge in [0.05, 0.1) is 19.3 Å². The van der Waals surface area contributed by atoms with E-state index in [1.165, 1.54) is 7.11 Å². The third-order valence-corrected chi connectivity index (χ3v) is 2.54. The van der Waals surface area contributed by atoms with Gasteiger partial charge in [0.15, 0.2) is 0 Å². The third kappa shape index (κ3) is 4.17. The molecule has 0 aromatic heterocycles. The zero-order valence-corrected chi connectivity index (χ0v) is 10.5. The fourth-order valence-electron chi connectivity index (χ4n) is 1.27. The van der Waals surface area contributed by atoms with Gasteiger partial charge in [-0.05, 0) is 31.5 Å². The molecule has 2 N–H and O–H groups in total. The standard InChI is InChI=1S/C13H19NO3/c1-13(2,9-15)14-8-10-4-6-11(7-5-10)12(16)17-3/h4-7,14-15H,8-9H2,1-3H3. The highest BCUT2D eigenvalue weighted by molar-refractivity contribution is 5.89. The van der Waals surface area contributed by atoms with Crippen LogP contribution in [0.5, 0.6) is 0 Å². The topological polar surface area (TPSA) is 58.6 Å². The fraction of sp³-hybridized carbons (Fsp3) is 0.462. The molecule has 0 radical (unpaired) electrons. The summed E-state index contributed by atoms with van der Waals surface area (Å²) < 4.78 is 4.62. The average Bonchev–Trinajstić information content (AvgIpc) is 2.36. The summed E-state index contributed by atoms with van der Waals surface area (Å²) in [5.74, 6) is -0.333. The van der Waals surface area contributed by atoms with E-state index in [2.05, 4.69) is 10.1 Å². The van der Waals surface area contributed by atoms with Crippen molar-refractivity contribution in [3.63, 3.8) is 0 Å². The van der Waals surface area contributed by atoms with E-state index in [-0.39, 0.29) is 18.1 Å². The van der Waals surface area contributed by atoms with Crippen LogP contribution in [0.25, 0.3) is 0 Å². The largest absolute Gasteiger partial charge is 0.465 e. The van der Waals surface area contributed by atoms with Crippen LogP contribution in [0, 0.1) is 0 Å². The molecule has 0 saturated carbocycles. The Morgan fingerprint density at radius 3 is 2.41 bits per heavy atom. The maximum Gasteiger partial charge on any atom is 0.337 e. The molecule has 0 aliphatic heterocycles. The summed E-state index contributed by atoms with van der Waals surface area (Å²) in [6, 6.07) is 7.20. The first kappa shape index (κ1) is 13.7. The second kappa shape index (κ2) is 5.80. The summed E-state index contributed by atoms with van der Waals surface area (Å²) in [5, 5.41) is 12.3. The van der Waals surface area contributed by atoms with E-state index < -0.39 is 0 Å². The Bertz CT molecular complexity index is 371. The maximum atomic E-state index is 11.2. The van der Waals surface area contributed by atoms with Crippen molar-refractivity contribution in [3.05, 3.63) is 35.4 Å². The van der Waals surface area contributed by atoms with E-state index in [0.717, 1.165) is 5.56 Å². The van der Waals surface area contributed by atoms with Gasteiger partial charge in [-0.1, -0.05) is 12.1 Å². The number of nitrogens with one attached hydrogen (secondary N) is 1. The van der Waals surface area contributed by atoms with Crippen molar-refractivity contribution in [2.45, 2.75) is 25.9 Å². The highest BCUT2D eigenvalue weighted by Crippen LogP contribution is 2.08. The maximum absolute atomic E-state index is 11.2. The van der Waals surface area contributed by atoms with Crippen molar-refractivity contribution in [1.29, 1.82) is 0 Å². The lowest BCUT2D eigenvalue weighted by atomic mass is 10.1. The van der Waals surface area contributed by atoms with Gasteiger partial charge in [-0.3, -0.25) is 0 Å². The van der Waals surface area contributed by atoms with Crippen molar-refractivity contribution in [2.24, 2.45) is 0 Å². The van der Waals surface area contributed by atoms with E-state index in [0.29, 0.717) is 12.1 Å². The summed E-state index contributed by atoms with van der Waals surface area (Å²) in [5.41, 5.74) is 1.29. The number of ether oxygens (including phenoxy) is 1. The van der Waals surface area contributed by atoms with Crippen LogP contribution in [0.3, 0.4) is 0 Å². The van der Waals surface area contributed by atoms with Crippen molar-refractivity contribution < 1.29 is 14.6 Å². The van der Waals surface area contributed by atoms with E-state index in [1.807, 2.05) is 26.0 Å². The van der Waals surface area contributed by atoms with Gasteiger partial charge in [0.1, 0.15) is 0 Å². The molecule has 0 aliphatic carbocycles. The Morgan fingerprint density at radius 1 is 1.35 bits per heavy atom. The van der Waals surface area contributed by atoms with Crippen LogP contribution in [0.15, 0.2) is 24.3 Å². The number of benzene rings is 1. The highest BCUT2D eigenvalue weighted by atomic mass is 16.5. The van der Waals surface area contributed by atoms with Gasteiger partial charge < -0.3 is 15.2 Å². The number of aliphatic hydroxyl groups is 1. The van der Waals surface area contributed by atoms with Crippen LogP contribution in [0.4, 0.5) is 0 Å². The monoisotopic (exact) mass is 237 g/mol. The zero-order valence-electron chi connectivity index (χ0n) is 10.5. The molecule has 1 aromatic carbocycles. The zero-order chi connectivity index (χ0) is 12.9. The number of rotatable bonds is 5. The number of carbonyl (C=O) groups excluding carboxylic acids is 1. The molecule has 4 heteroatoms. The average molecular weight is 237 g/mol. The molecule has 1 rings (SSSR count). The van der Waals surface area contributed by atoms with E-state index in [1.54, 1.807) is 12.1 Å². The number of carbonyl (C=O) groups is 1. The minimum Gasteiger partial charge on any atom is -0.465 e. The minimum atomic E-state index is -0.333. The Labute approximate surface area is 102 Å². The second-order valence-electron chi connectivity index (χ2n) is 4.58. The van der Waals surface area contributed by atoms with Gasteiger partial charge >= 0.3 is 5.97 Å². The Balaban J connectivity index is 2.60. The van der Waals surface area contributed by atoms with E-state index in [9.17, 15) is 4.79 Å². The van der Waals surface area contributed by atoms with Crippen molar-refractivity contribution in [2.75, 3.05) is 13.7 Å². The molecule has 4 nitrogen and oxygen atoms in total. The van der Waals surface area contributed by atoms with Crippen LogP contribution < -0.4 is 5.32 Å². The lowest BCUT2D eigenvalue weighted by Gasteiger charge is -2.23. The number of hydrogen-bond donors (Lipinski definition) is 2. The highest BCUT2D eigenvalue weighted by Gasteiger charge is 2.14. The molecule has 94 valence electrons. The Hall–Kier alpha value is -1.39. The molecule has 0 unspecified atom stereocenters. The Kier molecular flexibility index (Phi) is 4.66. The molecule has 0 saturated heterocycles. The molecule has 0 amide bonds. The molecule has 0 fully saturated rings. The van der Waals surface area contributed by atoms with E-state index in [4.69, 9.17) is 5.11 Å². The number of esters is 1. The molecule has 0 spiro atoms. The second-order valence-corrected chi connectivity index (χ2v) is 4.58. The summed E-state index contributed by atoms with van der Waals surface area (Å²) in [6.45, 7) is 4.58. The predicted molar refractivity (Wildman–Crippen MR) is 65.8 cm³/mol. The van der Waals surface area contributed by atoms with Crippen LogP contribution in [0.2, 0.25) is 0 Å². The van der Waals surface area contributed by atoms with Crippen molar-refractivity contribution in [1.82, 2.24) is 5.32 Å². The van der Waals surface area contributed by atoms with Gasteiger partial charge in [0, 0.05) is 12.1 Å². The summed E-state index contributed by atoms with van der Waals surface area (Å²) in [4.78, 5) is 11.2. The first-order valence-electron chi connectivity index (χ1n) is 5.51. The van der Waals surface area contributed by atoms with Crippen molar-refractivity contribution >= 4 is 5.97 Å². The molecule has 0 heterocycles. The summed E-state index contributed by atoms with van der Waals surface area (Å²) in [7, 11) is 1.36. The van der Waals surface area contributed by atoms with Crippen molar-refractivity contribution in [3.8, 4) is 0 Å². The lowest BCUT2D eigenvalue weighted by molar-refractivity contribution is 0.0600. The first-order chi connectivity index (χ1) is 7.98. The van der Waals surface area contributed by atoms with Gasteiger partial charge in [-0.15, -0.1) is 0 Å². The number of methoxy groups -OCH3 is 1. The van der Waals surface area contributed by atoms with Gasteiger partial charge in [-0.25, -0.2) is 4.79 Å². The molecule has 1 aromatic rings. The first-order valence-corrected chi connectivity index (χ1v) is 5.51. The van der Waals surface area contributed by atoms with Crippen LogP contribution in [-0.2, 0) is 11.3 Å². The minimum absolute atomic E-state index is 0.0766. The van der Waals surface area contributed by atoms with Gasteiger partial charge in [0.25, 0.3) is 0 Å². The molecule has 0 atom stereocenters. The number of hydrogen-bond acceptors (Lipinski definition) is 4. The SMILES string of the molecule is COC(=O)c1ccc(CNC(C)(C)CO)cc1. The summed E-state index contributed by atoms with van der Waals surface area (Å²) >= 11 is 0. The molecule has 0 aliphatic rings. The molecular formula is C13H19NO3. The lowest BCUT2D eigenvalue weighted by Crippen LogP contribution is -2.42. The van der Waals surface area contributed by atoms with Gasteiger partial charge in [-0.2, -0.15) is 0 Å². The quantitative estimate of drug-likeness (QED) is 0.759. The Morgan fingerprint density at radius 2 is 1.94 bits per heavy atom. The van der Waals surface area contributed by atoms with Crippen LogP contribution in [0.1, 0.15) is 29.8 Å². The molecular weight excluding hydrogens is 218 g/mol. The molecule has 0 bridgehead atoms. The van der Waals surface area contributed by atoms with Crippen LogP contribution in [-0.4, -0.2) is 30.3 Å². The predicted octanol–water partition coefficient (Wildman–Crippen LogP) is 1.33. The van der Waals surface area contributed by atoms with Crippen LogP contribution >= 0.6 is 0 Å². The normalized spacial score (nSPS) is 11.3. The smallest absolute Gasteiger partial charge is 0.337 e.